The molecule has 1 atom stereocenters. The van der Waals surface area contributed by atoms with Gasteiger partial charge in [-0.3, -0.25) is 4.90 Å². The highest BCUT2D eigenvalue weighted by Gasteiger charge is 2.38. The molecular formula is C16H25Cl2F3N2O3. The maximum absolute atomic E-state index is 13.2. The average molecular weight is 421 g/mol. The predicted octanol–water partition coefficient (Wildman–Crippen LogP) is 3.45. The lowest BCUT2D eigenvalue weighted by molar-refractivity contribution is -0.148. The molecule has 152 valence electrons. The van der Waals surface area contributed by atoms with Crippen LogP contribution in [-0.4, -0.2) is 58.6 Å². The molecule has 1 heterocycles. The highest BCUT2D eigenvalue weighted by molar-refractivity contribution is 5.85. The van der Waals surface area contributed by atoms with Crippen molar-refractivity contribution < 1.29 is 27.4 Å². The van der Waals surface area contributed by atoms with E-state index in [9.17, 15) is 13.2 Å². The minimum absolute atomic E-state index is 0. The largest absolute Gasteiger partial charge is 0.493 e. The van der Waals surface area contributed by atoms with Gasteiger partial charge in [0.25, 0.3) is 0 Å². The van der Waals surface area contributed by atoms with Gasteiger partial charge in [0.2, 0.25) is 5.75 Å². The van der Waals surface area contributed by atoms with Crippen LogP contribution in [0, 0.1) is 0 Å². The van der Waals surface area contributed by atoms with Crippen molar-refractivity contribution in [3.63, 3.8) is 0 Å². The molecule has 26 heavy (non-hydrogen) atoms. The first-order valence-electron chi connectivity index (χ1n) is 7.71. The van der Waals surface area contributed by atoms with E-state index in [-0.39, 0.29) is 30.6 Å². The Hall–Kier alpha value is -1.09. The molecule has 0 saturated carbocycles. The molecule has 0 radical (unpaired) electrons. The fraction of sp³-hybridized carbons (Fsp3) is 0.625. The molecule has 0 amide bonds. The minimum Gasteiger partial charge on any atom is -0.493 e. The Morgan fingerprint density at radius 2 is 1.58 bits per heavy atom. The van der Waals surface area contributed by atoms with Gasteiger partial charge in [0.05, 0.1) is 27.8 Å². The number of nitrogens with zero attached hydrogens (tertiary/aromatic N) is 1. The van der Waals surface area contributed by atoms with Crippen molar-refractivity contribution in [2.75, 3.05) is 47.5 Å². The van der Waals surface area contributed by atoms with Crippen LogP contribution in [0.2, 0.25) is 0 Å². The third-order valence-electron chi connectivity index (χ3n) is 4.11. The number of ether oxygens (including phenoxy) is 3. The van der Waals surface area contributed by atoms with Gasteiger partial charge in [-0.2, -0.15) is 13.2 Å². The summed E-state index contributed by atoms with van der Waals surface area (Å²) < 4.78 is 55.4. The monoisotopic (exact) mass is 420 g/mol. The molecule has 2 rings (SSSR count). The Labute approximate surface area is 164 Å². The zero-order valence-corrected chi connectivity index (χ0v) is 16.5. The standard InChI is InChI=1S/C16H23F3N2O3.2ClH/c1-22-13-5-4-11(14(23-2)15(13)24-3)12(10-16(17,18)19)21-8-6-20-7-9-21;;/h4-5,12,20H,6-10H2,1-3H3;2*1H/t12-;;/m0../s1. The fourth-order valence-corrected chi connectivity index (χ4v) is 3.04. The van der Waals surface area contributed by atoms with E-state index >= 15 is 0 Å². The van der Waals surface area contributed by atoms with E-state index in [1.807, 2.05) is 4.90 Å². The maximum atomic E-state index is 13.2. The highest BCUT2D eigenvalue weighted by atomic mass is 35.5. The van der Waals surface area contributed by atoms with Crippen LogP contribution >= 0.6 is 24.8 Å². The molecule has 5 nitrogen and oxygen atoms in total. The van der Waals surface area contributed by atoms with Gasteiger partial charge in [-0.15, -0.1) is 24.8 Å². The molecule has 0 aromatic heterocycles. The summed E-state index contributed by atoms with van der Waals surface area (Å²) in [6, 6.07) is 2.41. The number of piperazine rings is 1. The van der Waals surface area contributed by atoms with Gasteiger partial charge in [-0.1, -0.05) is 0 Å². The number of halogens is 5. The van der Waals surface area contributed by atoms with Crippen molar-refractivity contribution in [1.82, 2.24) is 10.2 Å². The molecule has 10 heteroatoms. The molecule has 1 N–H and O–H groups in total. The summed E-state index contributed by atoms with van der Waals surface area (Å²) in [4.78, 5) is 1.83. The molecule has 0 aliphatic carbocycles. The highest BCUT2D eigenvalue weighted by Crippen LogP contribution is 2.46. The fourth-order valence-electron chi connectivity index (χ4n) is 3.04. The van der Waals surface area contributed by atoms with Gasteiger partial charge >= 0.3 is 6.18 Å². The van der Waals surface area contributed by atoms with Crippen LogP contribution in [0.15, 0.2) is 12.1 Å². The van der Waals surface area contributed by atoms with Crippen molar-refractivity contribution in [3.05, 3.63) is 17.7 Å². The lowest BCUT2D eigenvalue weighted by Crippen LogP contribution is -2.46. The van der Waals surface area contributed by atoms with E-state index in [2.05, 4.69) is 5.32 Å². The quantitative estimate of drug-likeness (QED) is 0.763. The van der Waals surface area contributed by atoms with E-state index in [1.54, 1.807) is 12.1 Å². The summed E-state index contributed by atoms with van der Waals surface area (Å²) in [7, 11) is 4.33. The van der Waals surface area contributed by atoms with E-state index < -0.39 is 18.6 Å². The number of hydrogen-bond donors (Lipinski definition) is 1. The maximum Gasteiger partial charge on any atom is 0.390 e. The lowest BCUT2D eigenvalue weighted by atomic mass is 9.98. The SMILES string of the molecule is COc1ccc([C@H](CC(F)(F)F)N2CCNCC2)c(OC)c1OC.Cl.Cl. The number of methoxy groups -OCH3 is 3. The van der Waals surface area contributed by atoms with Gasteiger partial charge in [0, 0.05) is 37.8 Å². The third-order valence-corrected chi connectivity index (χ3v) is 4.11. The first-order chi connectivity index (χ1) is 11.4. The second-order valence-corrected chi connectivity index (χ2v) is 5.54. The Morgan fingerprint density at radius 3 is 2.04 bits per heavy atom. The Bertz CT molecular complexity index is 556. The smallest absolute Gasteiger partial charge is 0.390 e. The molecule has 0 spiro atoms. The van der Waals surface area contributed by atoms with Crippen LogP contribution in [-0.2, 0) is 0 Å². The van der Waals surface area contributed by atoms with Crippen LogP contribution in [0.4, 0.5) is 13.2 Å². The lowest BCUT2D eigenvalue weighted by Gasteiger charge is -2.36. The molecule has 1 aromatic rings. The second kappa shape index (κ2) is 10.9. The summed E-state index contributed by atoms with van der Waals surface area (Å²) in [5.74, 6) is 1.01. The Balaban J connectivity index is 0.00000312. The molecule has 1 aliphatic heterocycles. The van der Waals surface area contributed by atoms with Crippen LogP contribution in [0.3, 0.4) is 0 Å². The zero-order chi connectivity index (χ0) is 17.7. The molecule has 1 fully saturated rings. The molecule has 1 aliphatic rings. The van der Waals surface area contributed by atoms with Crippen LogP contribution in [0.1, 0.15) is 18.0 Å². The Kier molecular flexibility index (Phi) is 10.5. The number of nitrogens with one attached hydrogen (secondary N) is 1. The van der Waals surface area contributed by atoms with Crippen LogP contribution in [0.25, 0.3) is 0 Å². The van der Waals surface area contributed by atoms with Gasteiger partial charge in [-0.25, -0.2) is 0 Å². The number of alkyl halides is 3. The van der Waals surface area contributed by atoms with Gasteiger partial charge in [-0.05, 0) is 12.1 Å². The average Bonchev–Trinajstić information content (AvgIpc) is 2.58. The summed E-state index contributed by atoms with van der Waals surface area (Å²) in [6.45, 7) is 2.39. The predicted molar refractivity (Wildman–Crippen MR) is 98.4 cm³/mol. The third kappa shape index (κ3) is 5.97. The van der Waals surface area contributed by atoms with Gasteiger partial charge in [0.1, 0.15) is 0 Å². The van der Waals surface area contributed by atoms with E-state index in [1.165, 1.54) is 21.3 Å². The number of rotatable bonds is 6. The molecule has 0 unspecified atom stereocenters. The summed E-state index contributed by atoms with van der Waals surface area (Å²) in [6.07, 6.45) is -5.23. The summed E-state index contributed by atoms with van der Waals surface area (Å²) in [5.41, 5.74) is 0.453. The minimum atomic E-state index is -4.28. The van der Waals surface area contributed by atoms with Crippen molar-refractivity contribution in [1.29, 1.82) is 0 Å². The zero-order valence-electron chi connectivity index (χ0n) is 14.9. The summed E-state index contributed by atoms with van der Waals surface area (Å²) in [5, 5.41) is 3.15. The van der Waals surface area contributed by atoms with Gasteiger partial charge in [0.15, 0.2) is 11.5 Å². The molecular weight excluding hydrogens is 396 g/mol. The molecule has 1 aromatic carbocycles. The Morgan fingerprint density at radius 1 is 1.00 bits per heavy atom. The van der Waals surface area contributed by atoms with E-state index in [0.717, 1.165) is 0 Å². The topological polar surface area (TPSA) is 43.0 Å². The van der Waals surface area contributed by atoms with Crippen LogP contribution < -0.4 is 19.5 Å². The van der Waals surface area contributed by atoms with Crippen molar-refractivity contribution in [3.8, 4) is 17.2 Å². The van der Waals surface area contributed by atoms with Gasteiger partial charge < -0.3 is 19.5 Å². The molecule has 1 saturated heterocycles. The first-order valence-corrected chi connectivity index (χ1v) is 7.71. The number of hydrogen-bond acceptors (Lipinski definition) is 5. The first kappa shape index (κ1) is 24.9. The van der Waals surface area contributed by atoms with E-state index in [0.29, 0.717) is 43.2 Å². The molecule has 0 bridgehead atoms. The van der Waals surface area contributed by atoms with Crippen molar-refractivity contribution in [2.45, 2.75) is 18.6 Å². The number of benzene rings is 1. The normalized spacial score (nSPS) is 16.1. The summed E-state index contributed by atoms with van der Waals surface area (Å²) >= 11 is 0. The van der Waals surface area contributed by atoms with E-state index in [4.69, 9.17) is 14.2 Å². The second-order valence-electron chi connectivity index (χ2n) is 5.54. The van der Waals surface area contributed by atoms with Crippen LogP contribution in [0.5, 0.6) is 17.2 Å². The van der Waals surface area contributed by atoms with Crippen molar-refractivity contribution in [2.24, 2.45) is 0 Å². The van der Waals surface area contributed by atoms with Crippen molar-refractivity contribution >= 4 is 24.8 Å².